The zero-order valence-corrected chi connectivity index (χ0v) is 10.1. The van der Waals surface area contributed by atoms with Gasteiger partial charge in [0.05, 0.1) is 12.7 Å². The summed E-state index contributed by atoms with van der Waals surface area (Å²) in [5, 5.41) is 9.87. The van der Waals surface area contributed by atoms with Gasteiger partial charge in [-0.05, 0) is 25.0 Å². The molecule has 1 aromatic carbocycles. The van der Waals surface area contributed by atoms with Crippen molar-refractivity contribution in [2.75, 3.05) is 7.11 Å². The molecule has 0 bridgehead atoms. The van der Waals surface area contributed by atoms with E-state index in [1.54, 1.807) is 12.1 Å². The molecule has 0 aromatic heterocycles. The molecular formula is C14H16O3. The topological polar surface area (TPSA) is 46.5 Å². The first-order chi connectivity index (χ1) is 8.19. The molecule has 1 N–H and O–H groups in total. The second-order valence-corrected chi connectivity index (χ2v) is 3.53. The number of ether oxygens (including phenoxy) is 1. The monoisotopic (exact) mass is 232 g/mol. The van der Waals surface area contributed by atoms with Crippen molar-refractivity contribution in [2.45, 2.75) is 13.3 Å². The minimum atomic E-state index is -0.118. The van der Waals surface area contributed by atoms with E-state index in [1.165, 1.54) is 7.11 Å². The molecule has 3 heteroatoms. The van der Waals surface area contributed by atoms with Crippen molar-refractivity contribution >= 4 is 12.4 Å². The molecule has 0 fully saturated rings. The van der Waals surface area contributed by atoms with E-state index in [2.05, 4.69) is 6.58 Å². The summed E-state index contributed by atoms with van der Waals surface area (Å²) >= 11 is 0. The van der Waals surface area contributed by atoms with E-state index in [-0.39, 0.29) is 11.3 Å². The lowest BCUT2D eigenvalue weighted by Gasteiger charge is -2.13. The number of phenols is 1. The van der Waals surface area contributed by atoms with Crippen LogP contribution in [0.2, 0.25) is 0 Å². The number of phenolic OH excluding ortho intramolecular Hbond substituents is 1. The quantitative estimate of drug-likeness (QED) is 0.627. The van der Waals surface area contributed by atoms with Crippen molar-refractivity contribution in [2.24, 2.45) is 0 Å². The lowest BCUT2D eigenvalue weighted by molar-refractivity contribution is 0.112. The lowest BCUT2D eigenvalue weighted by atomic mass is 9.98. The van der Waals surface area contributed by atoms with Crippen LogP contribution in [0, 0.1) is 0 Å². The predicted octanol–water partition coefficient (Wildman–Crippen LogP) is 2.97. The Kier molecular flexibility index (Phi) is 4.52. The molecule has 0 heterocycles. The third kappa shape index (κ3) is 2.56. The summed E-state index contributed by atoms with van der Waals surface area (Å²) < 4.78 is 5.17. The van der Waals surface area contributed by atoms with Crippen molar-refractivity contribution in [1.29, 1.82) is 0 Å². The summed E-state index contributed by atoms with van der Waals surface area (Å²) in [5.74, 6) is 0.218. The summed E-state index contributed by atoms with van der Waals surface area (Å²) in [6.07, 6.45) is 6.64. The number of aldehydes is 1. The van der Waals surface area contributed by atoms with E-state index < -0.39 is 0 Å². The van der Waals surface area contributed by atoms with Crippen molar-refractivity contribution < 1.29 is 14.6 Å². The molecule has 0 saturated heterocycles. The minimum absolute atomic E-state index is 0.118. The van der Waals surface area contributed by atoms with Crippen LogP contribution in [0.1, 0.15) is 28.4 Å². The van der Waals surface area contributed by atoms with Gasteiger partial charge < -0.3 is 9.84 Å². The molecule has 0 atom stereocenters. The van der Waals surface area contributed by atoms with Gasteiger partial charge in [0.25, 0.3) is 0 Å². The fourth-order valence-corrected chi connectivity index (χ4v) is 1.72. The highest BCUT2D eigenvalue weighted by Gasteiger charge is 2.15. The Morgan fingerprint density at radius 3 is 2.65 bits per heavy atom. The van der Waals surface area contributed by atoms with E-state index in [0.29, 0.717) is 18.5 Å². The van der Waals surface area contributed by atoms with Gasteiger partial charge in [0.15, 0.2) is 17.8 Å². The minimum Gasteiger partial charge on any atom is -0.504 e. The van der Waals surface area contributed by atoms with Crippen LogP contribution >= 0.6 is 0 Å². The Morgan fingerprint density at radius 2 is 2.18 bits per heavy atom. The maximum Gasteiger partial charge on any atom is 0.168 e. The average molecular weight is 232 g/mol. The molecule has 90 valence electrons. The molecule has 0 aliphatic heterocycles. The van der Waals surface area contributed by atoms with Crippen molar-refractivity contribution in [3.63, 3.8) is 0 Å². The fourth-order valence-electron chi connectivity index (χ4n) is 1.72. The number of rotatable bonds is 5. The third-order valence-corrected chi connectivity index (χ3v) is 2.45. The van der Waals surface area contributed by atoms with Gasteiger partial charge in [-0.2, -0.15) is 0 Å². The maximum absolute atomic E-state index is 10.9. The third-order valence-electron chi connectivity index (χ3n) is 2.45. The maximum atomic E-state index is 10.9. The largest absolute Gasteiger partial charge is 0.504 e. The second-order valence-electron chi connectivity index (χ2n) is 3.53. The first kappa shape index (κ1) is 13.0. The molecule has 1 rings (SSSR count). The van der Waals surface area contributed by atoms with Gasteiger partial charge in [-0.1, -0.05) is 18.2 Å². The summed E-state index contributed by atoms with van der Waals surface area (Å²) in [6.45, 7) is 5.56. The van der Waals surface area contributed by atoms with E-state index in [4.69, 9.17) is 4.74 Å². The number of carbonyl (C=O) groups is 1. The van der Waals surface area contributed by atoms with Crippen molar-refractivity contribution in [3.8, 4) is 11.5 Å². The van der Waals surface area contributed by atoms with Gasteiger partial charge in [-0.25, -0.2) is 0 Å². The number of hydrogen-bond acceptors (Lipinski definition) is 3. The number of carbonyl (C=O) groups excluding carboxylic acids is 1. The number of allylic oxidation sites excluding steroid dienone is 2. The molecule has 1 aromatic rings. The van der Waals surface area contributed by atoms with Crippen LogP contribution in [0.5, 0.6) is 11.5 Å². The van der Waals surface area contributed by atoms with Gasteiger partial charge in [-0.15, -0.1) is 6.58 Å². The summed E-state index contributed by atoms with van der Waals surface area (Å²) in [4.78, 5) is 10.9. The van der Waals surface area contributed by atoms with Gasteiger partial charge in [0.2, 0.25) is 0 Å². The Balaban J connectivity index is 3.56. The number of hydrogen-bond donors (Lipinski definition) is 1. The fraction of sp³-hybridized carbons (Fsp3) is 0.214. The van der Waals surface area contributed by atoms with Gasteiger partial charge in [0, 0.05) is 5.56 Å². The Morgan fingerprint density at radius 1 is 1.47 bits per heavy atom. The smallest absolute Gasteiger partial charge is 0.168 e. The van der Waals surface area contributed by atoms with Crippen molar-refractivity contribution in [1.82, 2.24) is 0 Å². The lowest BCUT2D eigenvalue weighted by Crippen LogP contribution is -1.98. The Bertz CT molecular complexity index is 459. The van der Waals surface area contributed by atoms with Crippen LogP contribution < -0.4 is 4.74 Å². The molecule has 0 unspecified atom stereocenters. The van der Waals surface area contributed by atoms with Crippen LogP contribution in [-0.2, 0) is 6.42 Å². The SMILES string of the molecule is C=CCc1c(/C=C\C)cc(C=O)c(O)c1OC. The predicted molar refractivity (Wildman–Crippen MR) is 68.7 cm³/mol. The molecule has 17 heavy (non-hydrogen) atoms. The zero-order valence-electron chi connectivity index (χ0n) is 10.1. The van der Waals surface area contributed by atoms with Gasteiger partial charge >= 0.3 is 0 Å². The molecule has 0 spiro atoms. The molecule has 0 aliphatic rings. The normalized spacial score (nSPS) is 10.5. The van der Waals surface area contributed by atoms with E-state index in [1.807, 2.05) is 19.1 Å². The molecule has 0 amide bonds. The zero-order chi connectivity index (χ0) is 12.8. The summed E-state index contributed by atoms with van der Waals surface area (Å²) in [7, 11) is 1.47. The highest BCUT2D eigenvalue weighted by atomic mass is 16.5. The second kappa shape index (κ2) is 5.89. The van der Waals surface area contributed by atoms with Crippen molar-refractivity contribution in [3.05, 3.63) is 41.5 Å². The van der Waals surface area contributed by atoms with Gasteiger partial charge in [0.1, 0.15) is 0 Å². The van der Waals surface area contributed by atoms with E-state index >= 15 is 0 Å². The van der Waals surface area contributed by atoms with Crippen LogP contribution in [-0.4, -0.2) is 18.5 Å². The highest BCUT2D eigenvalue weighted by molar-refractivity contribution is 5.84. The first-order valence-electron chi connectivity index (χ1n) is 5.31. The van der Waals surface area contributed by atoms with Gasteiger partial charge in [-0.3, -0.25) is 4.79 Å². The standard InChI is InChI=1S/C14H16O3/c1-4-6-10-8-11(9-15)13(16)14(17-3)12(10)7-5-2/h4-6,8-9,16H,2,7H2,1,3H3/b6-4-. The Labute approximate surface area is 101 Å². The summed E-state index contributed by atoms with van der Waals surface area (Å²) in [5.41, 5.74) is 1.90. The molecular weight excluding hydrogens is 216 g/mol. The number of methoxy groups -OCH3 is 1. The number of benzene rings is 1. The highest BCUT2D eigenvalue weighted by Crippen LogP contribution is 2.36. The number of aromatic hydroxyl groups is 1. The van der Waals surface area contributed by atoms with Crippen LogP contribution in [0.4, 0.5) is 0 Å². The van der Waals surface area contributed by atoms with Crippen LogP contribution in [0.3, 0.4) is 0 Å². The average Bonchev–Trinajstić information content (AvgIpc) is 2.33. The van der Waals surface area contributed by atoms with E-state index in [0.717, 1.165) is 11.1 Å². The van der Waals surface area contributed by atoms with E-state index in [9.17, 15) is 9.90 Å². The molecule has 3 nitrogen and oxygen atoms in total. The van der Waals surface area contributed by atoms with Crippen LogP contribution in [0.15, 0.2) is 24.8 Å². The molecule has 0 radical (unpaired) electrons. The van der Waals surface area contributed by atoms with Crippen LogP contribution in [0.25, 0.3) is 6.08 Å². The molecule has 0 saturated carbocycles. The first-order valence-corrected chi connectivity index (χ1v) is 5.31. The molecule has 0 aliphatic carbocycles. The Hall–Kier alpha value is -2.03. The summed E-state index contributed by atoms with van der Waals surface area (Å²) in [6, 6.07) is 1.64.